The molecule has 0 unspecified atom stereocenters. The topological polar surface area (TPSA) is 57.5 Å². The number of rotatable bonds is 3. The van der Waals surface area contributed by atoms with Crippen molar-refractivity contribution in [1.29, 1.82) is 0 Å². The SMILES string of the molecule is Cc1cc(Br)c([C@H](O)CC(=O)O)s1. The minimum Gasteiger partial charge on any atom is -0.481 e. The number of carbonyl (C=O) groups is 1. The van der Waals surface area contributed by atoms with Crippen LogP contribution in [0.25, 0.3) is 0 Å². The number of halogens is 1. The number of hydrogen-bond donors (Lipinski definition) is 2. The lowest BCUT2D eigenvalue weighted by Crippen LogP contribution is -2.04. The molecule has 2 N–H and O–H groups in total. The van der Waals surface area contributed by atoms with Gasteiger partial charge in [-0.2, -0.15) is 0 Å². The fourth-order valence-electron chi connectivity index (χ4n) is 0.987. The van der Waals surface area contributed by atoms with Gasteiger partial charge in [0, 0.05) is 14.2 Å². The van der Waals surface area contributed by atoms with Gasteiger partial charge in [-0.25, -0.2) is 0 Å². The van der Waals surface area contributed by atoms with E-state index in [1.807, 2.05) is 13.0 Å². The van der Waals surface area contributed by atoms with Gasteiger partial charge in [-0.05, 0) is 28.9 Å². The Morgan fingerprint density at radius 3 is 2.77 bits per heavy atom. The van der Waals surface area contributed by atoms with Crippen LogP contribution in [0.1, 0.15) is 22.3 Å². The van der Waals surface area contributed by atoms with E-state index in [0.29, 0.717) is 4.88 Å². The zero-order valence-electron chi connectivity index (χ0n) is 6.95. The Bertz CT molecular complexity index is 321. The van der Waals surface area contributed by atoms with E-state index in [4.69, 9.17) is 5.11 Å². The van der Waals surface area contributed by atoms with Gasteiger partial charge in [0.25, 0.3) is 0 Å². The number of aliphatic hydroxyl groups excluding tert-OH is 1. The quantitative estimate of drug-likeness (QED) is 0.881. The smallest absolute Gasteiger partial charge is 0.306 e. The van der Waals surface area contributed by atoms with Crippen molar-refractivity contribution in [1.82, 2.24) is 0 Å². The molecule has 5 heteroatoms. The van der Waals surface area contributed by atoms with Crippen LogP contribution in [0, 0.1) is 6.92 Å². The number of aliphatic carboxylic acids is 1. The second-order valence-corrected chi connectivity index (χ2v) is 4.83. The van der Waals surface area contributed by atoms with E-state index in [0.717, 1.165) is 9.35 Å². The molecule has 3 nitrogen and oxygen atoms in total. The number of carboxylic acid groups (broad SMARTS) is 1. The molecule has 0 aliphatic heterocycles. The largest absolute Gasteiger partial charge is 0.481 e. The second-order valence-electron chi connectivity index (χ2n) is 2.68. The van der Waals surface area contributed by atoms with Crippen LogP contribution in [-0.4, -0.2) is 16.2 Å². The van der Waals surface area contributed by atoms with Crippen molar-refractivity contribution >= 4 is 33.2 Å². The highest BCUT2D eigenvalue weighted by Crippen LogP contribution is 2.33. The van der Waals surface area contributed by atoms with Gasteiger partial charge in [-0.3, -0.25) is 4.79 Å². The number of aryl methyl sites for hydroxylation is 1. The van der Waals surface area contributed by atoms with Crippen LogP contribution in [0.4, 0.5) is 0 Å². The summed E-state index contributed by atoms with van der Waals surface area (Å²) in [5, 5.41) is 18.0. The van der Waals surface area contributed by atoms with Gasteiger partial charge in [0.2, 0.25) is 0 Å². The van der Waals surface area contributed by atoms with E-state index in [-0.39, 0.29) is 6.42 Å². The van der Waals surface area contributed by atoms with E-state index in [2.05, 4.69) is 15.9 Å². The van der Waals surface area contributed by atoms with Crippen molar-refractivity contribution < 1.29 is 15.0 Å². The minimum atomic E-state index is -0.995. The zero-order valence-corrected chi connectivity index (χ0v) is 9.35. The molecule has 0 aromatic carbocycles. The lowest BCUT2D eigenvalue weighted by molar-refractivity contribution is -0.139. The highest BCUT2D eigenvalue weighted by atomic mass is 79.9. The molecule has 1 heterocycles. The molecule has 0 spiro atoms. The Kier molecular flexibility index (Phi) is 3.47. The van der Waals surface area contributed by atoms with Crippen LogP contribution in [0.15, 0.2) is 10.5 Å². The first-order valence-electron chi connectivity index (χ1n) is 3.66. The minimum absolute atomic E-state index is 0.251. The van der Waals surface area contributed by atoms with Crippen LogP contribution in [0.3, 0.4) is 0 Å². The standard InChI is InChI=1S/C8H9BrO3S/c1-4-2-5(9)8(13-4)6(10)3-7(11)12/h2,6,10H,3H2,1H3,(H,11,12)/t6-/m1/s1. The fourth-order valence-corrected chi connectivity index (χ4v) is 2.89. The van der Waals surface area contributed by atoms with Crippen molar-refractivity contribution in [2.24, 2.45) is 0 Å². The summed E-state index contributed by atoms with van der Waals surface area (Å²) in [6, 6.07) is 1.87. The maximum absolute atomic E-state index is 10.3. The molecule has 1 atom stereocenters. The van der Waals surface area contributed by atoms with Crippen LogP contribution < -0.4 is 0 Å². The summed E-state index contributed by atoms with van der Waals surface area (Å²) in [7, 11) is 0. The van der Waals surface area contributed by atoms with Crippen molar-refractivity contribution in [3.8, 4) is 0 Å². The normalized spacial score (nSPS) is 12.8. The summed E-state index contributed by atoms with van der Waals surface area (Å²) in [4.78, 5) is 12.1. The molecule has 0 bridgehead atoms. The summed E-state index contributed by atoms with van der Waals surface area (Å²) in [6.45, 7) is 1.91. The van der Waals surface area contributed by atoms with Gasteiger partial charge in [0.1, 0.15) is 0 Å². The number of carboxylic acids is 1. The lowest BCUT2D eigenvalue weighted by atomic mass is 10.2. The third kappa shape index (κ3) is 2.79. The Morgan fingerprint density at radius 2 is 2.38 bits per heavy atom. The number of aliphatic hydroxyl groups is 1. The Hall–Kier alpha value is -0.390. The molecule has 1 aromatic rings. The molecule has 0 aliphatic rings. The summed E-state index contributed by atoms with van der Waals surface area (Å²) in [5.74, 6) is -0.995. The highest BCUT2D eigenvalue weighted by Gasteiger charge is 2.17. The Morgan fingerprint density at radius 1 is 1.77 bits per heavy atom. The van der Waals surface area contributed by atoms with Crippen molar-refractivity contribution in [3.63, 3.8) is 0 Å². The molecule has 0 aliphatic carbocycles. The summed E-state index contributed by atoms with van der Waals surface area (Å²) in [6.07, 6.45) is -1.16. The average Bonchev–Trinajstić information content (AvgIpc) is 2.28. The van der Waals surface area contributed by atoms with E-state index in [1.165, 1.54) is 11.3 Å². The molecule has 0 saturated heterocycles. The molecule has 0 radical (unpaired) electrons. The first kappa shape index (κ1) is 10.7. The van der Waals surface area contributed by atoms with E-state index in [9.17, 15) is 9.90 Å². The van der Waals surface area contributed by atoms with Gasteiger partial charge in [0.05, 0.1) is 12.5 Å². The molecule has 72 valence electrons. The molecular formula is C8H9BrO3S. The second kappa shape index (κ2) is 4.21. The molecule has 0 saturated carbocycles. The predicted molar refractivity (Wildman–Crippen MR) is 54.0 cm³/mol. The Balaban J connectivity index is 2.81. The number of hydrogen-bond acceptors (Lipinski definition) is 3. The highest BCUT2D eigenvalue weighted by molar-refractivity contribution is 9.10. The molecule has 1 aromatic heterocycles. The van der Waals surface area contributed by atoms with E-state index < -0.39 is 12.1 Å². The number of thiophene rings is 1. The van der Waals surface area contributed by atoms with Gasteiger partial charge < -0.3 is 10.2 Å². The van der Waals surface area contributed by atoms with Crippen molar-refractivity contribution in [2.75, 3.05) is 0 Å². The van der Waals surface area contributed by atoms with E-state index in [1.54, 1.807) is 0 Å². The summed E-state index contributed by atoms with van der Waals surface area (Å²) < 4.78 is 0.781. The lowest BCUT2D eigenvalue weighted by Gasteiger charge is -2.04. The van der Waals surface area contributed by atoms with Crippen molar-refractivity contribution in [2.45, 2.75) is 19.4 Å². The van der Waals surface area contributed by atoms with Crippen molar-refractivity contribution in [3.05, 3.63) is 20.3 Å². The average molecular weight is 265 g/mol. The molecule has 13 heavy (non-hydrogen) atoms. The van der Waals surface area contributed by atoms with Crippen LogP contribution in [-0.2, 0) is 4.79 Å². The molecular weight excluding hydrogens is 256 g/mol. The van der Waals surface area contributed by atoms with Gasteiger partial charge in [0.15, 0.2) is 0 Å². The maximum atomic E-state index is 10.3. The summed E-state index contributed by atoms with van der Waals surface area (Å²) in [5.41, 5.74) is 0. The first-order valence-corrected chi connectivity index (χ1v) is 5.27. The van der Waals surface area contributed by atoms with E-state index >= 15 is 0 Å². The van der Waals surface area contributed by atoms with Gasteiger partial charge >= 0.3 is 5.97 Å². The maximum Gasteiger partial charge on any atom is 0.306 e. The third-order valence-electron chi connectivity index (χ3n) is 1.51. The van der Waals surface area contributed by atoms with Crippen LogP contribution in [0.2, 0.25) is 0 Å². The zero-order chi connectivity index (χ0) is 10.0. The monoisotopic (exact) mass is 264 g/mol. The summed E-state index contributed by atoms with van der Waals surface area (Å²) >= 11 is 4.67. The van der Waals surface area contributed by atoms with Crippen LogP contribution in [0.5, 0.6) is 0 Å². The van der Waals surface area contributed by atoms with Crippen LogP contribution >= 0.6 is 27.3 Å². The molecule has 1 rings (SSSR count). The van der Waals surface area contributed by atoms with Gasteiger partial charge in [-0.1, -0.05) is 0 Å². The molecule has 0 amide bonds. The molecule has 0 fully saturated rings. The predicted octanol–water partition coefficient (Wildman–Crippen LogP) is 2.33. The first-order chi connectivity index (χ1) is 6.00. The van der Waals surface area contributed by atoms with Gasteiger partial charge in [-0.15, -0.1) is 11.3 Å². The third-order valence-corrected chi connectivity index (χ3v) is 3.58. The Labute approximate surface area is 88.1 Å². The fraction of sp³-hybridized carbons (Fsp3) is 0.375.